The lowest BCUT2D eigenvalue weighted by atomic mass is 10.1. The molecule has 0 saturated carbocycles. The van der Waals surface area contributed by atoms with Crippen molar-refractivity contribution >= 4 is 5.91 Å². The number of carbonyl (C=O) groups is 1. The smallest absolute Gasteiger partial charge is 0.253 e. The number of piperazine rings is 1. The Labute approximate surface area is 155 Å². The molecule has 1 aliphatic heterocycles. The number of benzene rings is 2. The van der Waals surface area contributed by atoms with E-state index in [0.29, 0.717) is 6.61 Å². The van der Waals surface area contributed by atoms with E-state index in [1.54, 1.807) is 0 Å². The van der Waals surface area contributed by atoms with Gasteiger partial charge in [-0.05, 0) is 54.7 Å². The zero-order valence-electron chi connectivity index (χ0n) is 15.2. The van der Waals surface area contributed by atoms with E-state index < -0.39 is 0 Å². The first-order valence-corrected chi connectivity index (χ1v) is 9.61. The van der Waals surface area contributed by atoms with E-state index in [1.807, 2.05) is 41.3 Å². The van der Waals surface area contributed by atoms with E-state index in [0.717, 1.165) is 56.9 Å². The van der Waals surface area contributed by atoms with Gasteiger partial charge in [0, 0.05) is 38.3 Å². The summed E-state index contributed by atoms with van der Waals surface area (Å²) in [6, 6.07) is 16.2. The minimum Gasteiger partial charge on any atom is -0.492 e. The maximum absolute atomic E-state index is 12.8. The van der Waals surface area contributed by atoms with Crippen molar-refractivity contribution in [1.82, 2.24) is 9.80 Å². The quantitative estimate of drug-likeness (QED) is 0.831. The van der Waals surface area contributed by atoms with Crippen LogP contribution in [0, 0.1) is 0 Å². The maximum Gasteiger partial charge on any atom is 0.253 e. The highest BCUT2D eigenvalue weighted by molar-refractivity contribution is 5.94. The SMILES string of the molecule is O=C(c1ccc2c(c1)CCC2)N1CCN(CCOc2ccccc2)CC1. The van der Waals surface area contributed by atoms with Crippen molar-refractivity contribution in [3.63, 3.8) is 0 Å². The van der Waals surface area contributed by atoms with E-state index in [-0.39, 0.29) is 5.91 Å². The summed E-state index contributed by atoms with van der Waals surface area (Å²) in [7, 11) is 0. The van der Waals surface area contributed by atoms with Gasteiger partial charge in [0.05, 0.1) is 0 Å². The summed E-state index contributed by atoms with van der Waals surface area (Å²) >= 11 is 0. The molecular formula is C22H26N2O2. The van der Waals surface area contributed by atoms with Crippen molar-refractivity contribution < 1.29 is 9.53 Å². The molecule has 0 spiro atoms. The number of carbonyl (C=O) groups excluding carboxylic acids is 1. The van der Waals surface area contributed by atoms with E-state index in [9.17, 15) is 4.79 Å². The molecule has 136 valence electrons. The molecule has 4 rings (SSSR count). The largest absolute Gasteiger partial charge is 0.492 e. The Hall–Kier alpha value is -2.33. The fraction of sp³-hybridized carbons (Fsp3) is 0.409. The number of fused-ring (bicyclic) bond motifs is 1. The molecule has 0 bridgehead atoms. The van der Waals surface area contributed by atoms with Crippen LogP contribution in [-0.4, -0.2) is 55.0 Å². The summed E-state index contributed by atoms with van der Waals surface area (Å²) in [6.45, 7) is 4.99. The number of ether oxygens (including phenoxy) is 1. The van der Waals surface area contributed by atoms with Crippen molar-refractivity contribution in [3.8, 4) is 5.75 Å². The normalized spacial score (nSPS) is 17.2. The van der Waals surface area contributed by atoms with Crippen LogP contribution < -0.4 is 4.74 Å². The van der Waals surface area contributed by atoms with Crippen LogP contribution in [-0.2, 0) is 12.8 Å². The molecule has 1 aliphatic carbocycles. The van der Waals surface area contributed by atoms with E-state index in [1.165, 1.54) is 17.5 Å². The zero-order valence-corrected chi connectivity index (χ0v) is 15.2. The molecule has 1 heterocycles. The monoisotopic (exact) mass is 350 g/mol. The number of rotatable bonds is 5. The third-order valence-corrected chi connectivity index (χ3v) is 5.42. The van der Waals surface area contributed by atoms with Gasteiger partial charge in [-0.1, -0.05) is 24.3 Å². The Morgan fingerprint density at radius 2 is 1.69 bits per heavy atom. The van der Waals surface area contributed by atoms with Crippen LogP contribution in [0.4, 0.5) is 0 Å². The van der Waals surface area contributed by atoms with Crippen molar-refractivity contribution in [1.29, 1.82) is 0 Å². The Balaban J connectivity index is 1.25. The van der Waals surface area contributed by atoms with Crippen LogP contribution in [0.25, 0.3) is 0 Å². The van der Waals surface area contributed by atoms with Crippen molar-refractivity contribution in [3.05, 3.63) is 65.2 Å². The molecule has 2 aromatic carbocycles. The number of aryl methyl sites for hydroxylation is 2. The second kappa shape index (κ2) is 7.92. The Kier molecular flexibility index (Phi) is 5.21. The molecule has 1 saturated heterocycles. The van der Waals surface area contributed by atoms with Crippen LogP contribution in [0.1, 0.15) is 27.9 Å². The first-order chi connectivity index (χ1) is 12.8. The van der Waals surface area contributed by atoms with E-state index in [2.05, 4.69) is 17.0 Å². The second-order valence-electron chi connectivity index (χ2n) is 7.13. The number of amides is 1. The van der Waals surface area contributed by atoms with Crippen LogP contribution in [0.2, 0.25) is 0 Å². The van der Waals surface area contributed by atoms with Gasteiger partial charge in [-0.3, -0.25) is 9.69 Å². The molecule has 2 aliphatic rings. The molecule has 0 unspecified atom stereocenters. The van der Waals surface area contributed by atoms with Gasteiger partial charge >= 0.3 is 0 Å². The van der Waals surface area contributed by atoms with Gasteiger partial charge in [-0.25, -0.2) is 0 Å². The summed E-state index contributed by atoms with van der Waals surface area (Å²) in [5, 5.41) is 0. The molecule has 26 heavy (non-hydrogen) atoms. The average molecular weight is 350 g/mol. The Morgan fingerprint density at radius 1 is 0.923 bits per heavy atom. The molecule has 2 aromatic rings. The number of hydrogen-bond acceptors (Lipinski definition) is 3. The minimum atomic E-state index is 0.180. The summed E-state index contributed by atoms with van der Waals surface area (Å²) < 4.78 is 5.77. The van der Waals surface area contributed by atoms with Crippen LogP contribution in [0.3, 0.4) is 0 Å². The molecule has 0 N–H and O–H groups in total. The van der Waals surface area contributed by atoms with Gasteiger partial charge < -0.3 is 9.64 Å². The van der Waals surface area contributed by atoms with Crippen LogP contribution in [0.15, 0.2) is 48.5 Å². The fourth-order valence-electron chi connectivity index (χ4n) is 3.87. The summed E-state index contributed by atoms with van der Waals surface area (Å²) in [4.78, 5) is 17.1. The van der Waals surface area contributed by atoms with Gasteiger partial charge in [0.2, 0.25) is 0 Å². The topological polar surface area (TPSA) is 32.8 Å². The highest BCUT2D eigenvalue weighted by Crippen LogP contribution is 2.23. The third kappa shape index (κ3) is 3.91. The lowest BCUT2D eigenvalue weighted by molar-refractivity contribution is 0.0620. The number of para-hydroxylation sites is 1. The molecule has 4 nitrogen and oxygen atoms in total. The first kappa shape index (κ1) is 17.1. The molecule has 4 heteroatoms. The van der Waals surface area contributed by atoms with Crippen molar-refractivity contribution in [2.75, 3.05) is 39.3 Å². The molecule has 0 aromatic heterocycles. The summed E-state index contributed by atoms with van der Waals surface area (Å²) in [5.41, 5.74) is 3.64. The predicted molar refractivity (Wildman–Crippen MR) is 103 cm³/mol. The Morgan fingerprint density at radius 3 is 2.50 bits per heavy atom. The average Bonchev–Trinajstić information content (AvgIpc) is 3.17. The summed E-state index contributed by atoms with van der Waals surface area (Å²) in [5.74, 6) is 1.10. The second-order valence-corrected chi connectivity index (χ2v) is 7.13. The molecule has 0 atom stereocenters. The summed E-state index contributed by atoms with van der Waals surface area (Å²) in [6.07, 6.45) is 3.50. The number of nitrogens with zero attached hydrogens (tertiary/aromatic N) is 2. The predicted octanol–water partition coefficient (Wildman–Crippen LogP) is 3.01. The lowest BCUT2D eigenvalue weighted by Gasteiger charge is -2.34. The minimum absolute atomic E-state index is 0.180. The highest BCUT2D eigenvalue weighted by Gasteiger charge is 2.23. The molecule has 0 radical (unpaired) electrons. The maximum atomic E-state index is 12.8. The highest BCUT2D eigenvalue weighted by atomic mass is 16.5. The Bertz CT molecular complexity index is 752. The first-order valence-electron chi connectivity index (χ1n) is 9.61. The van der Waals surface area contributed by atoms with Crippen molar-refractivity contribution in [2.24, 2.45) is 0 Å². The van der Waals surface area contributed by atoms with E-state index in [4.69, 9.17) is 4.74 Å². The van der Waals surface area contributed by atoms with Crippen LogP contribution >= 0.6 is 0 Å². The third-order valence-electron chi connectivity index (χ3n) is 5.42. The fourth-order valence-corrected chi connectivity index (χ4v) is 3.87. The molecular weight excluding hydrogens is 324 g/mol. The van der Waals surface area contributed by atoms with Gasteiger partial charge in [0.25, 0.3) is 5.91 Å². The van der Waals surface area contributed by atoms with E-state index >= 15 is 0 Å². The zero-order chi connectivity index (χ0) is 17.8. The van der Waals surface area contributed by atoms with Gasteiger partial charge in [-0.15, -0.1) is 0 Å². The van der Waals surface area contributed by atoms with Gasteiger partial charge in [0.1, 0.15) is 12.4 Å². The van der Waals surface area contributed by atoms with Crippen molar-refractivity contribution in [2.45, 2.75) is 19.3 Å². The standard InChI is InChI=1S/C22H26N2O2/c25-22(20-10-9-18-5-4-6-19(18)17-20)24-13-11-23(12-14-24)15-16-26-21-7-2-1-3-8-21/h1-3,7-10,17H,4-6,11-16H2. The molecule has 1 amide bonds. The number of hydrogen-bond donors (Lipinski definition) is 0. The van der Waals surface area contributed by atoms with Gasteiger partial charge in [-0.2, -0.15) is 0 Å². The van der Waals surface area contributed by atoms with Gasteiger partial charge in [0.15, 0.2) is 0 Å². The van der Waals surface area contributed by atoms with Crippen LogP contribution in [0.5, 0.6) is 5.75 Å². The molecule has 1 fully saturated rings. The lowest BCUT2D eigenvalue weighted by Crippen LogP contribution is -2.49.